The van der Waals surface area contributed by atoms with Crippen LogP contribution in [-0.4, -0.2) is 146 Å². The molecular formula is C33H49N3O13. The van der Waals surface area contributed by atoms with Crippen molar-refractivity contribution in [3.05, 3.63) is 29.3 Å². The number of amides is 4. The van der Waals surface area contributed by atoms with Gasteiger partial charge in [0.15, 0.2) is 0 Å². The van der Waals surface area contributed by atoms with Crippen molar-refractivity contribution < 1.29 is 61.9 Å². The van der Waals surface area contributed by atoms with Gasteiger partial charge in [-0.2, -0.15) is 0 Å². The van der Waals surface area contributed by atoms with Crippen molar-refractivity contribution in [3.63, 3.8) is 0 Å². The highest BCUT2D eigenvalue weighted by atomic mass is 16.6. The van der Waals surface area contributed by atoms with Crippen LogP contribution in [0.25, 0.3) is 0 Å². The van der Waals surface area contributed by atoms with Crippen LogP contribution in [-0.2, 0) is 52.3 Å². The second-order valence-electron chi connectivity index (χ2n) is 10.9. The standard InChI is InChI=1S/C33H49N3O13/c1-2-4-29(38)49-24-23-48-22-21-47-20-19-46-18-17-45-16-15-44-14-13-43-12-11-42-10-9-34-26-6-3-5-25-30(26)33(41)36(32(25)40)27-7-8-28(37)35-31(27)39/h3,5-6,27,34H,2,4,7-24H2,1H3,(H,35,37,39). The summed E-state index contributed by atoms with van der Waals surface area (Å²) in [5.41, 5.74) is 0.901. The largest absolute Gasteiger partial charge is 0.463 e. The molecule has 0 aliphatic carbocycles. The zero-order chi connectivity index (χ0) is 35.1. The van der Waals surface area contributed by atoms with Crippen molar-refractivity contribution in [1.29, 1.82) is 0 Å². The fourth-order valence-electron chi connectivity index (χ4n) is 4.83. The molecular weight excluding hydrogens is 646 g/mol. The van der Waals surface area contributed by atoms with E-state index in [4.69, 9.17) is 37.9 Å². The molecule has 0 saturated carbocycles. The SMILES string of the molecule is CCCC(=O)OCCOCCOCCOCCOCCOCCOCCOCCNc1cccc2c1C(=O)N(C1CCC(=O)NC1=O)C2=O. The summed E-state index contributed by atoms with van der Waals surface area (Å²) in [6.45, 7) is 8.42. The Bertz CT molecular complexity index is 1200. The molecule has 1 aromatic rings. The molecule has 0 bridgehead atoms. The molecule has 16 nitrogen and oxygen atoms in total. The van der Waals surface area contributed by atoms with Crippen LogP contribution in [0.2, 0.25) is 0 Å². The first-order valence-electron chi connectivity index (χ1n) is 16.7. The van der Waals surface area contributed by atoms with E-state index in [9.17, 15) is 24.0 Å². The smallest absolute Gasteiger partial charge is 0.305 e. The van der Waals surface area contributed by atoms with Crippen LogP contribution in [0.1, 0.15) is 53.3 Å². The van der Waals surface area contributed by atoms with Gasteiger partial charge < -0.3 is 43.2 Å². The third-order valence-corrected chi connectivity index (χ3v) is 7.21. The van der Waals surface area contributed by atoms with Crippen LogP contribution >= 0.6 is 0 Å². The number of anilines is 1. The maximum atomic E-state index is 13.1. The number of carbonyl (C=O) groups excluding carboxylic acids is 5. The highest BCUT2D eigenvalue weighted by molar-refractivity contribution is 6.25. The number of imide groups is 2. The van der Waals surface area contributed by atoms with E-state index in [1.807, 2.05) is 6.92 Å². The van der Waals surface area contributed by atoms with Crippen LogP contribution in [0, 0.1) is 0 Å². The topological polar surface area (TPSA) is 186 Å². The van der Waals surface area contributed by atoms with E-state index < -0.39 is 29.7 Å². The predicted molar refractivity (Wildman–Crippen MR) is 173 cm³/mol. The lowest BCUT2D eigenvalue weighted by molar-refractivity contribution is -0.145. The molecule has 1 fully saturated rings. The van der Waals surface area contributed by atoms with Crippen molar-refractivity contribution in [2.45, 2.75) is 38.6 Å². The van der Waals surface area contributed by atoms with Crippen molar-refractivity contribution in [2.24, 2.45) is 0 Å². The van der Waals surface area contributed by atoms with E-state index in [1.54, 1.807) is 18.2 Å². The van der Waals surface area contributed by atoms with Gasteiger partial charge in [-0.05, 0) is 25.0 Å². The Morgan fingerprint density at radius 3 is 1.76 bits per heavy atom. The van der Waals surface area contributed by atoms with Crippen LogP contribution in [0.5, 0.6) is 0 Å². The van der Waals surface area contributed by atoms with Crippen molar-refractivity contribution in [3.8, 4) is 0 Å². The molecule has 1 saturated heterocycles. The summed E-state index contributed by atoms with van der Waals surface area (Å²) in [5.74, 6) is -2.38. The zero-order valence-electron chi connectivity index (χ0n) is 28.2. The first kappa shape index (κ1) is 39.9. The molecule has 274 valence electrons. The number of fused-ring (bicyclic) bond motifs is 1. The van der Waals surface area contributed by atoms with Gasteiger partial charge in [0.05, 0.1) is 104 Å². The van der Waals surface area contributed by atoms with E-state index in [1.165, 1.54) is 0 Å². The summed E-state index contributed by atoms with van der Waals surface area (Å²) < 4.78 is 43.2. The molecule has 16 heteroatoms. The minimum absolute atomic E-state index is 0.0649. The summed E-state index contributed by atoms with van der Waals surface area (Å²) in [6, 6.07) is 3.89. The molecule has 4 amide bonds. The first-order valence-corrected chi connectivity index (χ1v) is 16.7. The van der Waals surface area contributed by atoms with Gasteiger partial charge in [-0.15, -0.1) is 0 Å². The lowest BCUT2D eigenvalue weighted by Crippen LogP contribution is -2.54. The third-order valence-electron chi connectivity index (χ3n) is 7.21. The number of nitrogens with zero attached hydrogens (tertiary/aromatic N) is 1. The third kappa shape index (κ3) is 14.5. The first-order chi connectivity index (χ1) is 23.9. The van der Waals surface area contributed by atoms with Crippen molar-refractivity contribution in [1.82, 2.24) is 10.2 Å². The lowest BCUT2D eigenvalue weighted by atomic mass is 10.0. The highest BCUT2D eigenvalue weighted by Crippen LogP contribution is 2.32. The maximum absolute atomic E-state index is 13.1. The number of hydrogen-bond acceptors (Lipinski definition) is 14. The predicted octanol–water partition coefficient (Wildman–Crippen LogP) is 0.959. The molecule has 1 aromatic carbocycles. The van der Waals surface area contributed by atoms with Crippen LogP contribution in [0.4, 0.5) is 5.69 Å². The van der Waals surface area contributed by atoms with Gasteiger partial charge >= 0.3 is 5.97 Å². The molecule has 0 aromatic heterocycles. The molecule has 2 heterocycles. The highest BCUT2D eigenvalue weighted by Gasteiger charge is 2.45. The average molecular weight is 696 g/mol. The zero-order valence-corrected chi connectivity index (χ0v) is 28.2. The van der Waals surface area contributed by atoms with E-state index >= 15 is 0 Å². The van der Waals surface area contributed by atoms with Gasteiger partial charge in [0.25, 0.3) is 11.8 Å². The van der Waals surface area contributed by atoms with Gasteiger partial charge in [-0.1, -0.05) is 13.0 Å². The summed E-state index contributed by atoms with van der Waals surface area (Å²) in [7, 11) is 0. The molecule has 2 aliphatic rings. The molecule has 3 rings (SSSR count). The lowest BCUT2D eigenvalue weighted by Gasteiger charge is -2.27. The Balaban J connectivity index is 1.08. The number of hydrogen-bond donors (Lipinski definition) is 2. The van der Waals surface area contributed by atoms with Gasteiger partial charge in [0, 0.05) is 25.1 Å². The average Bonchev–Trinajstić information content (AvgIpc) is 3.34. The molecule has 1 unspecified atom stereocenters. The molecule has 1 atom stereocenters. The number of esters is 1. The summed E-state index contributed by atoms with van der Waals surface area (Å²) in [6.07, 6.45) is 1.36. The van der Waals surface area contributed by atoms with Crippen LogP contribution in [0.3, 0.4) is 0 Å². The second-order valence-corrected chi connectivity index (χ2v) is 10.9. The van der Waals surface area contributed by atoms with Gasteiger partial charge in [0.2, 0.25) is 11.8 Å². The Kier molecular flexibility index (Phi) is 19.4. The Morgan fingerprint density at radius 2 is 1.24 bits per heavy atom. The quantitative estimate of drug-likeness (QED) is 0.0717. The van der Waals surface area contributed by atoms with Gasteiger partial charge in [-0.25, -0.2) is 0 Å². The fraction of sp³-hybridized carbons (Fsp3) is 0.667. The Labute approximate surface area is 286 Å². The molecule has 49 heavy (non-hydrogen) atoms. The summed E-state index contributed by atoms with van der Waals surface area (Å²) >= 11 is 0. The van der Waals surface area contributed by atoms with E-state index in [-0.39, 0.29) is 36.5 Å². The van der Waals surface area contributed by atoms with Gasteiger partial charge in [-0.3, -0.25) is 34.2 Å². The fourth-order valence-corrected chi connectivity index (χ4v) is 4.83. The normalized spacial score (nSPS) is 15.9. The van der Waals surface area contributed by atoms with E-state index in [0.717, 1.165) is 11.3 Å². The number of carbonyl (C=O) groups is 5. The van der Waals surface area contributed by atoms with Crippen molar-refractivity contribution in [2.75, 3.05) is 111 Å². The Hall–Kier alpha value is -3.51. The van der Waals surface area contributed by atoms with Crippen LogP contribution < -0.4 is 10.6 Å². The number of piperidine rings is 1. The van der Waals surface area contributed by atoms with Crippen molar-refractivity contribution >= 4 is 35.3 Å². The number of nitrogens with one attached hydrogen (secondary N) is 2. The van der Waals surface area contributed by atoms with E-state index in [2.05, 4.69) is 10.6 Å². The van der Waals surface area contributed by atoms with E-state index in [0.29, 0.717) is 111 Å². The molecule has 2 N–H and O–H groups in total. The Morgan fingerprint density at radius 1 is 0.735 bits per heavy atom. The number of ether oxygens (including phenoxy) is 8. The van der Waals surface area contributed by atoms with Crippen LogP contribution in [0.15, 0.2) is 18.2 Å². The monoisotopic (exact) mass is 695 g/mol. The molecule has 0 spiro atoms. The summed E-state index contributed by atoms with van der Waals surface area (Å²) in [5, 5.41) is 5.32. The minimum Gasteiger partial charge on any atom is -0.463 e. The second kappa shape index (κ2) is 23.8. The maximum Gasteiger partial charge on any atom is 0.305 e. The number of benzene rings is 1. The minimum atomic E-state index is -1.01. The molecule has 0 radical (unpaired) electrons. The number of rotatable bonds is 28. The van der Waals surface area contributed by atoms with Gasteiger partial charge in [0.1, 0.15) is 12.6 Å². The molecule has 2 aliphatic heterocycles. The summed E-state index contributed by atoms with van der Waals surface area (Å²) in [4.78, 5) is 62.0.